The van der Waals surface area contributed by atoms with Crippen LogP contribution in [0.25, 0.3) is 32.9 Å². The van der Waals surface area contributed by atoms with E-state index in [-0.39, 0.29) is 4.88 Å². The zero-order valence-electron chi connectivity index (χ0n) is 15.6. The van der Waals surface area contributed by atoms with E-state index < -0.39 is 5.91 Å². The van der Waals surface area contributed by atoms with Crippen LogP contribution in [0, 0.1) is 11.3 Å². The van der Waals surface area contributed by atoms with Crippen LogP contribution in [0.5, 0.6) is 0 Å². The van der Waals surface area contributed by atoms with Gasteiger partial charge >= 0.3 is 0 Å². The second kappa shape index (κ2) is 7.43. The average molecular weight is 406 g/mol. The average Bonchev–Trinajstić information content (AvgIpc) is 3.30. The maximum absolute atomic E-state index is 12.2. The van der Waals surface area contributed by atoms with Crippen LogP contribution < -0.4 is 22.1 Å². The number of nitrogen functional groups attached to an aromatic ring is 1. The lowest BCUT2D eigenvalue weighted by Crippen LogP contribution is -2.18. The number of fused-ring (bicyclic) bond motifs is 2. The van der Waals surface area contributed by atoms with E-state index >= 15 is 0 Å². The van der Waals surface area contributed by atoms with Crippen molar-refractivity contribution in [3.8, 4) is 28.7 Å². The number of nitriles is 1. The van der Waals surface area contributed by atoms with E-state index in [1.54, 1.807) is 12.1 Å². The van der Waals surface area contributed by atoms with Gasteiger partial charge in [-0.3, -0.25) is 4.79 Å². The molecule has 0 spiro atoms. The number of nitrogens with one attached hydrogen (secondary N) is 2. The number of likely N-dealkylation sites (N-methyl/N-ethyl adjacent to an activating group) is 1. The highest BCUT2D eigenvalue weighted by Crippen LogP contribution is 2.43. The van der Waals surface area contributed by atoms with Crippen LogP contribution in [0.3, 0.4) is 0 Å². The van der Waals surface area contributed by atoms with E-state index in [0.29, 0.717) is 57.5 Å². The molecule has 0 saturated heterocycles. The smallest absolute Gasteiger partial charge is 0.259 e. The van der Waals surface area contributed by atoms with Crippen LogP contribution in [0.1, 0.15) is 15.2 Å². The summed E-state index contributed by atoms with van der Waals surface area (Å²) in [6.45, 7) is 1.31. The molecule has 2 aliphatic rings. The van der Waals surface area contributed by atoms with Crippen molar-refractivity contribution in [2.24, 2.45) is 5.73 Å². The van der Waals surface area contributed by atoms with Gasteiger partial charge in [0.05, 0.1) is 16.8 Å². The largest absolute Gasteiger partial charge is 0.454 e. The van der Waals surface area contributed by atoms with Crippen molar-refractivity contribution in [2.45, 2.75) is 0 Å². The molecule has 0 unspecified atom stereocenters. The van der Waals surface area contributed by atoms with Crippen LogP contribution in [0.4, 0.5) is 11.5 Å². The molecule has 6 N–H and O–H groups in total. The molecule has 1 amide bonds. The number of carbonyl (C=O) groups is 1. The zero-order chi connectivity index (χ0) is 20.5. The first kappa shape index (κ1) is 18.7. The predicted octanol–water partition coefficient (Wildman–Crippen LogP) is 2.85. The van der Waals surface area contributed by atoms with Crippen molar-refractivity contribution >= 4 is 39.0 Å². The molecule has 2 aromatic heterocycles. The summed E-state index contributed by atoms with van der Waals surface area (Å²) < 4.78 is 6.00. The van der Waals surface area contributed by atoms with E-state index in [2.05, 4.69) is 21.7 Å². The van der Waals surface area contributed by atoms with E-state index in [1.165, 1.54) is 0 Å². The fourth-order valence-corrected chi connectivity index (χ4v) is 4.18. The fraction of sp³-hybridized carbons (Fsp3) is 0.150. The summed E-state index contributed by atoms with van der Waals surface area (Å²) in [6.07, 6.45) is 0. The molecule has 1 aliphatic heterocycles. The zero-order valence-corrected chi connectivity index (χ0v) is 16.4. The second-order valence-electron chi connectivity index (χ2n) is 6.43. The standard InChI is InChI=1S/C20H18N6O2S/c1-24-5-6-25-19-11(9-21)7-12-15(17(18(23)27)29-20(12)26-19)16-13(22)8-10-3-2-4-14(10)28-16/h2-4,7-8,24H,5-6,22H2,1H3,(H2,23,27)(H,25,26). The number of rotatable bonds is 6. The number of primary amides is 1. The molecular weight excluding hydrogens is 388 g/mol. The first-order valence-corrected chi connectivity index (χ1v) is 9.69. The van der Waals surface area contributed by atoms with E-state index in [9.17, 15) is 10.1 Å². The molecule has 0 aromatic carbocycles. The van der Waals surface area contributed by atoms with Crippen molar-refractivity contribution < 1.29 is 9.21 Å². The van der Waals surface area contributed by atoms with Crippen molar-refractivity contribution in [3.05, 3.63) is 40.8 Å². The Morgan fingerprint density at radius 2 is 2.17 bits per heavy atom. The molecule has 2 aromatic rings. The molecule has 146 valence electrons. The number of anilines is 2. The monoisotopic (exact) mass is 406 g/mol. The minimum atomic E-state index is -0.608. The van der Waals surface area contributed by atoms with Gasteiger partial charge in [0.1, 0.15) is 27.4 Å². The highest BCUT2D eigenvalue weighted by molar-refractivity contribution is 7.21. The van der Waals surface area contributed by atoms with Gasteiger partial charge in [0.15, 0.2) is 5.76 Å². The number of thiophene rings is 1. The summed E-state index contributed by atoms with van der Waals surface area (Å²) in [5.41, 5.74) is 13.9. The lowest BCUT2D eigenvalue weighted by atomic mass is 10.0. The second-order valence-corrected chi connectivity index (χ2v) is 7.43. The Kier molecular flexibility index (Phi) is 4.80. The van der Waals surface area contributed by atoms with Crippen molar-refractivity contribution in [1.29, 1.82) is 5.26 Å². The third kappa shape index (κ3) is 3.24. The first-order chi connectivity index (χ1) is 14.0. The maximum Gasteiger partial charge on any atom is 0.259 e. The Bertz CT molecular complexity index is 1240. The summed E-state index contributed by atoms with van der Waals surface area (Å²) in [7, 11) is 1.84. The Hall–Kier alpha value is -3.61. The van der Waals surface area contributed by atoms with E-state index in [1.807, 2.05) is 25.2 Å². The van der Waals surface area contributed by atoms with Gasteiger partial charge in [-0.1, -0.05) is 12.1 Å². The van der Waals surface area contributed by atoms with Crippen LogP contribution >= 0.6 is 11.3 Å². The molecule has 3 heterocycles. The number of carbonyl (C=O) groups excluding carboxylic acids is 1. The lowest BCUT2D eigenvalue weighted by Gasteiger charge is -2.10. The number of hydrogen-bond donors (Lipinski definition) is 4. The molecular formula is C20H18N6O2S. The first-order valence-electron chi connectivity index (χ1n) is 8.87. The summed E-state index contributed by atoms with van der Waals surface area (Å²) in [4.78, 5) is 17.6. The molecule has 0 atom stereocenters. The molecule has 0 saturated carbocycles. The number of hydrogen-bond acceptors (Lipinski definition) is 8. The van der Waals surface area contributed by atoms with E-state index in [0.717, 1.165) is 16.9 Å². The Balaban J connectivity index is 1.96. The van der Waals surface area contributed by atoms with Crippen LogP contribution in [0.15, 0.2) is 34.7 Å². The highest BCUT2D eigenvalue weighted by atomic mass is 32.1. The summed E-state index contributed by atoms with van der Waals surface area (Å²) in [6, 6.07) is 11.2. The number of amides is 1. The number of nitrogens with two attached hydrogens (primary N) is 2. The van der Waals surface area contributed by atoms with E-state index in [4.69, 9.17) is 15.9 Å². The van der Waals surface area contributed by atoms with Gasteiger partial charge in [0.25, 0.3) is 5.91 Å². The van der Waals surface area contributed by atoms with Crippen LogP contribution in [-0.2, 0) is 0 Å². The molecule has 0 radical (unpaired) electrons. The summed E-state index contributed by atoms with van der Waals surface area (Å²) in [5, 5.41) is 16.4. The number of aromatic nitrogens is 1. The lowest BCUT2D eigenvalue weighted by molar-refractivity contribution is 0.100. The number of pyridine rings is 1. The Labute approximate surface area is 170 Å². The maximum atomic E-state index is 12.2. The van der Waals surface area contributed by atoms with Gasteiger partial charge in [0, 0.05) is 24.0 Å². The van der Waals surface area contributed by atoms with Gasteiger partial charge in [-0.15, -0.1) is 11.3 Å². The normalized spacial score (nSPS) is 11.0. The highest BCUT2D eigenvalue weighted by Gasteiger charge is 2.25. The van der Waals surface area contributed by atoms with Gasteiger partial charge < -0.3 is 26.5 Å². The van der Waals surface area contributed by atoms with Crippen LogP contribution in [0.2, 0.25) is 0 Å². The minimum Gasteiger partial charge on any atom is -0.454 e. The van der Waals surface area contributed by atoms with Gasteiger partial charge in [-0.25, -0.2) is 4.98 Å². The van der Waals surface area contributed by atoms with Crippen molar-refractivity contribution in [2.75, 3.05) is 31.2 Å². The van der Waals surface area contributed by atoms with Gasteiger partial charge in [-0.05, 0) is 25.2 Å². The third-order valence-corrected chi connectivity index (χ3v) is 5.63. The molecule has 1 aliphatic carbocycles. The molecule has 29 heavy (non-hydrogen) atoms. The molecule has 0 bridgehead atoms. The number of nitrogens with zero attached hydrogens (tertiary/aromatic N) is 2. The quantitative estimate of drug-likeness (QED) is 0.360. The third-order valence-electron chi connectivity index (χ3n) is 4.51. The summed E-state index contributed by atoms with van der Waals surface area (Å²) >= 11 is 1.15. The fourth-order valence-electron chi connectivity index (χ4n) is 3.18. The molecule has 0 fully saturated rings. The molecule has 9 heteroatoms. The predicted molar refractivity (Wildman–Crippen MR) is 114 cm³/mol. The molecule has 8 nitrogen and oxygen atoms in total. The SMILES string of the molecule is CNCCNc1nc2sc(C(N)=O)c(-c3oc4cccc-4cc3N)c2cc1C#N. The van der Waals surface area contributed by atoms with Gasteiger partial charge in [-0.2, -0.15) is 5.26 Å². The Morgan fingerprint density at radius 1 is 1.34 bits per heavy atom. The van der Waals surface area contributed by atoms with Crippen LogP contribution in [-0.4, -0.2) is 31.0 Å². The molecule has 4 rings (SSSR count). The summed E-state index contributed by atoms with van der Waals surface area (Å²) in [5.74, 6) is 0.826. The van der Waals surface area contributed by atoms with Gasteiger partial charge in [0.2, 0.25) is 0 Å². The minimum absolute atomic E-state index is 0.283. The topological polar surface area (TPSA) is 143 Å². The van der Waals surface area contributed by atoms with Crippen molar-refractivity contribution in [1.82, 2.24) is 10.3 Å². The van der Waals surface area contributed by atoms with Crippen molar-refractivity contribution in [3.63, 3.8) is 0 Å². The Morgan fingerprint density at radius 3 is 2.90 bits per heavy atom.